The molecule has 1 aliphatic rings. The first-order chi connectivity index (χ1) is 5.90. The van der Waals surface area contributed by atoms with Gasteiger partial charge in [0.1, 0.15) is 5.60 Å². The molecule has 0 amide bonds. The van der Waals surface area contributed by atoms with Crippen LogP contribution in [0.25, 0.3) is 0 Å². The molecule has 4 heteroatoms. The van der Waals surface area contributed by atoms with E-state index in [1.807, 2.05) is 0 Å². The zero-order valence-electron chi connectivity index (χ0n) is 8.12. The molecule has 0 aromatic heterocycles. The highest BCUT2D eigenvalue weighted by atomic mass is 16.6. The lowest BCUT2D eigenvalue weighted by Crippen LogP contribution is -2.30. The molecule has 0 radical (unpaired) electrons. The van der Waals surface area contributed by atoms with E-state index in [2.05, 4.69) is 4.74 Å². The van der Waals surface area contributed by atoms with E-state index in [1.54, 1.807) is 20.8 Å². The van der Waals surface area contributed by atoms with Crippen molar-refractivity contribution in [2.75, 3.05) is 6.61 Å². The number of esters is 2. The molecule has 1 heterocycles. The Morgan fingerprint density at radius 3 is 2.54 bits per heavy atom. The predicted molar refractivity (Wildman–Crippen MR) is 44.9 cm³/mol. The van der Waals surface area contributed by atoms with Gasteiger partial charge in [-0.05, 0) is 20.8 Å². The molecule has 1 atom stereocenters. The largest absolute Gasteiger partial charge is 0.465 e. The lowest BCUT2D eigenvalue weighted by molar-refractivity contribution is -0.164. The number of carbonyl (C=O) groups excluding carboxylic acids is 2. The van der Waals surface area contributed by atoms with Gasteiger partial charge in [-0.25, -0.2) is 0 Å². The number of carbonyl (C=O) groups is 2. The highest BCUT2D eigenvalue weighted by molar-refractivity contribution is 5.96. The summed E-state index contributed by atoms with van der Waals surface area (Å²) in [4.78, 5) is 22.3. The summed E-state index contributed by atoms with van der Waals surface area (Å²) in [6.07, 6.45) is 0.438. The van der Waals surface area contributed by atoms with Crippen LogP contribution in [0.5, 0.6) is 0 Å². The van der Waals surface area contributed by atoms with Gasteiger partial charge in [-0.1, -0.05) is 0 Å². The molecule has 0 spiro atoms. The van der Waals surface area contributed by atoms with Crippen molar-refractivity contribution in [2.24, 2.45) is 5.92 Å². The van der Waals surface area contributed by atoms with Crippen molar-refractivity contribution >= 4 is 11.9 Å². The van der Waals surface area contributed by atoms with E-state index in [9.17, 15) is 9.59 Å². The lowest BCUT2D eigenvalue weighted by atomic mass is 10.1. The zero-order chi connectivity index (χ0) is 10.1. The Hall–Kier alpha value is -1.06. The average molecular weight is 186 g/mol. The Morgan fingerprint density at radius 2 is 2.15 bits per heavy atom. The molecule has 1 fully saturated rings. The van der Waals surface area contributed by atoms with Gasteiger partial charge in [0.25, 0.3) is 0 Å². The highest BCUT2D eigenvalue weighted by Crippen LogP contribution is 2.19. The summed E-state index contributed by atoms with van der Waals surface area (Å²) in [6.45, 7) is 5.63. The van der Waals surface area contributed by atoms with Crippen LogP contribution in [0.15, 0.2) is 0 Å². The molecule has 0 aliphatic carbocycles. The van der Waals surface area contributed by atoms with Crippen LogP contribution in [0.4, 0.5) is 0 Å². The smallest absolute Gasteiger partial charge is 0.320 e. The molecule has 0 aromatic rings. The molecule has 0 unspecified atom stereocenters. The summed E-state index contributed by atoms with van der Waals surface area (Å²) in [6, 6.07) is 0. The van der Waals surface area contributed by atoms with Gasteiger partial charge in [-0.15, -0.1) is 0 Å². The van der Waals surface area contributed by atoms with Crippen LogP contribution < -0.4 is 0 Å². The van der Waals surface area contributed by atoms with Crippen LogP contribution >= 0.6 is 0 Å². The minimum absolute atomic E-state index is 0.322. The predicted octanol–water partition coefficient (Wildman–Crippen LogP) is 0.891. The maximum atomic E-state index is 11.3. The van der Waals surface area contributed by atoms with Gasteiger partial charge in [0.2, 0.25) is 0 Å². The van der Waals surface area contributed by atoms with Crippen LogP contribution in [0.1, 0.15) is 27.2 Å². The fourth-order valence-corrected chi connectivity index (χ4v) is 1.08. The Morgan fingerprint density at radius 1 is 1.54 bits per heavy atom. The minimum atomic E-state index is -0.709. The molecule has 1 saturated heterocycles. The van der Waals surface area contributed by atoms with Gasteiger partial charge in [0.15, 0.2) is 5.92 Å². The molecule has 1 rings (SSSR count). The van der Waals surface area contributed by atoms with Gasteiger partial charge in [0, 0.05) is 6.42 Å². The summed E-state index contributed by atoms with van der Waals surface area (Å²) in [5.74, 6) is -1.65. The minimum Gasteiger partial charge on any atom is -0.465 e. The monoisotopic (exact) mass is 186 g/mol. The first-order valence-corrected chi connectivity index (χ1v) is 4.29. The molecule has 0 aromatic carbocycles. The van der Waals surface area contributed by atoms with Crippen molar-refractivity contribution in [3.63, 3.8) is 0 Å². The maximum Gasteiger partial charge on any atom is 0.320 e. The fourth-order valence-electron chi connectivity index (χ4n) is 1.08. The molecular formula is C9H14O4. The number of cyclic esters (lactones) is 1. The summed E-state index contributed by atoms with van der Waals surface area (Å²) in [5.41, 5.74) is -0.542. The Bertz CT molecular complexity index is 226. The number of ether oxygens (including phenoxy) is 2. The highest BCUT2D eigenvalue weighted by Gasteiger charge is 2.36. The van der Waals surface area contributed by atoms with E-state index >= 15 is 0 Å². The SMILES string of the molecule is CC(C)(C)OC(=O)[C@H]1CCOC1=O. The molecule has 1 aliphatic heterocycles. The van der Waals surface area contributed by atoms with Crippen molar-refractivity contribution in [3.05, 3.63) is 0 Å². The average Bonchev–Trinajstić information content (AvgIpc) is 2.30. The van der Waals surface area contributed by atoms with Crippen LogP contribution in [0.3, 0.4) is 0 Å². The maximum absolute atomic E-state index is 11.3. The molecular weight excluding hydrogens is 172 g/mol. The molecule has 13 heavy (non-hydrogen) atoms. The molecule has 0 saturated carbocycles. The molecule has 4 nitrogen and oxygen atoms in total. The first-order valence-electron chi connectivity index (χ1n) is 4.29. The quantitative estimate of drug-likeness (QED) is 0.451. The number of hydrogen-bond acceptors (Lipinski definition) is 4. The van der Waals surface area contributed by atoms with Crippen molar-refractivity contribution < 1.29 is 19.1 Å². The van der Waals surface area contributed by atoms with Crippen LogP contribution in [-0.4, -0.2) is 24.1 Å². The first kappa shape index (κ1) is 10.0. The van der Waals surface area contributed by atoms with Gasteiger partial charge < -0.3 is 9.47 Å². The van der Waals surface area contributed by atoms with Gasteiger partial charge >= 0.3 is 11.9 Å². The molecule has 0 N–H and O–H groups in total. The van der Waals surface area contributed by atoms with E-state index in [0.717, 1.165) is 0 Å². The van der Waals surface area contributed by atoms with Crippen LogP contribution in [0, 0.1) is 5.92 Å². The van der Waals surface area contributed by atoms with Gasteiger partial charge in [-0.2, -0.15) is 0 Å². The number of rotatable bonds is 1. The third-order valence-corrected chi connectivity index (χ3v) is 1.63. The number of hydrogen-bond donors (Lipinski definition) is 0. The Kier molecular flexibility index (Phi) is 2.59. The van der Waals surface area contributed by atoms with E-state index in [0.29, 0.717) is 13.0 Å². The van der Waals surface area contributed by atoms with Gasteiger partial charge in [-0.3, -0.25) is 9.59 Å². The Labute approximate surface area is 77.2 Å². The summed E-state index contributed by atoms with van der Waals surface area (Å²) in [7, 11) is 0. The fraction of sp³-hybridized carbons (Fsp3) is 0.778. The lowest BCUT2D eigenvalue weighted by Gasteiger charge is -2.20. The van der Waals surface area contributed by atoms with Crippen LogP contribution in [-0.2, 0) is 19.1 Å². The van der Waals surface area contributed by atoms with Crippen molar-refractivity contribution in [1.29, 1.82) is 0 Å². The topological polar surface area (TPSA) is 52.6 Å². The van der Waals surface area contributed by atoms with E-state index in [-0.39, 0.29) is 0 Å². The van der Waals surface area contributed by atoms with E-state index in [4.69, 9.17) is 4.74 Å². The molecule has 74 valence electrons. The second-order valence-electron chi connectivity index (χ2n) is 4.04. The zero-order valence-corrected chi connectivity index (χ0v) is 8.12. The van der Waals surface area contributed by atoms with Crippen molar-refractivity contribution in [2.45, 2.75) is 32.8 Å². The van der Waals surface area contributed by atoms with Crippen molar-refractivity contribution in [1.82, 2.24) is 0 Å². The summed E-state index contributed by atoms with van der Waals surface area (Å²) in [5, 5.41) is 0. The molecule has 0 bridgehead atoms. The van der Waals surface area contributed by atoms with E-state index < -0.39 is 23.5 Å². The van der Waals surface area contributed by atoms with Crippen molar-refractivity contribution in [3.8, 4) is 0 Å². The summed E-state index contributed by atoms with van der Waals surface area (Å²) >= 11 is 0. The normalized spacial score (nSPS) is 22.7. The van der Waals surface area contributed by atoms with Gasteiger partial charge in [0.05, 0.1) is 6.61 Å². The third kappa shape index (κ3) is 2.72. The third-order valence-electron chi connectivity index (χ3n) is 1.63. The summed E-state index contributed by atoms with van der Waals surface area (Å²) < 4.78 is 9.71. The second kappa shape index (κ2) is 3.36. The Balaban J connectivity index is 2.53. The van der Waals surface area contributed by atoms with Crippen LogP contribution in [0.2, 0.25) is 0 Å². The standard InChI is InChI=1S/C9H14O4/c1-9(2,3)13-8(11)6-4-5-12-7(6)10/h6H,4-5H2,1-3H3/t6-/m0/s1. The van der Waals surface area contributed by atoms with E-state index in [1.165, 1.54) is 0 Å². The second-order valence-corrected chi connectivity index (χ2v) is 4.04.